The second-order valence-electron chi connectivity index (χ2n) is 3.13. The number of rotatable bonds is 1. The fourth-order valence-corrected chi connectivity index (χ4v) is 1.22. The van der Waals surface area contributed by atoms with Crippen molar-refractivity contribution < 1.29 is 4.74 Å². The van der Waals surface area contributed by atoms with Gasteiger partial charge in [-0.25, -0.2) is 0 Å². The Kier molecular flexibility index (Phi) is 5.45. The Labute approximate surface area is 106 Å². The number of methoxy groups -OCH3 is 1. The summed E-state index contributed by atoms with van der Waals surface area (Å²) < 4.78 is 4.91. The van der Waals surface area contributed by atoms with Gasteiger partial charge in [-0.05, 0) is 24.3 Å². The highest BCUT2D eigenvalue weighted by molar-refractivity contribution is 5.53. The molecule has 88 valence electrons. The molecule has 0 saturated carbocycles. The molecule has 1 aromatic carbocycles. The van der Waals surface area contributed by atoms with Gasteiger partial charge < -0.3 is 4.74 Å². The monoisotopic (exact) mass is 237 g/mol. The molecular weight excluding hydrogens is 226 g/mol. The maximum Gasteiger partial charge on any atom is 0.137 e. The summed E-state index contributed by atoms with van der Waals surface area (Å²) in [5, 5.41) is 17.3. The minimum atomic E-state index is 0.294. The lowest BCUT2D eigenvalue weighted by Gasteiger charge is -2.01. The van der Waals surface area contributed by atoms with Crippen molar-refractivity contribution in [1.82, 2.24) is 4.98 Å². The number of nitrogens with zero attached hydrogens (tertiary/aromatic N) is 3. The van der Waals surface area contributed by atoms with Crippen LogP contribution in [0.3, 0.4) is 0 Å². The normalized spacial score (nSPS) is 8.17. The topological polar surface area (TPSA) is 69.7 Å². The van der Waals surface area contributed by atoms with Crippen molar-refractivity contribution in [3.05, 3.63) is 59.9 Å². The molecule has 1 heterocycles. The summed E-state index contributed by atoms with van der Waals surface area (Å²) in [5.74, 6) is 0.441. The van der Waals surface area contributed by atoms with Crippen molar-refractivity contribution in [3.63, 3.8) is 0 Å². The van der Waals surface area contributed by atoms with Crippen molar-refractivity contribution >= 4 is 0 Å². The Bertz CT molecular complexity index is 541. The van der Waals surface area contributed by atoms with Crippen LogP contribution in [-0.4, -0.2) is 12.1 Å². The number of hydrogen-bond donors (Lipinski definition) is 0. The molecule has 1 aromatic heterocycles. The third kappa shape index (κ3) is 3.62. The average molecular weight is 237 g/mol. The molecule has 0 fully saturated rings. The molecule has 18 heavy (non-hydrogen) atoms. The van der Waals surface area contributed by atoms with Crippen LogP contribution in [-0.2, 0) is 0 Å². The molecular formula is C14H11N3O. The summed E-state index contributed by atoms with van der Waals surface area (Å²) in [6.45, 7) is 0. The van der Waals surface area contributed by atoms with Crippen molar-refractivity contribution in [2.45, 2.75) is 0 Å². The molecule has 0 aliphatic heterocycles. The SMILES string of the molecule is COc1cccc(C#N)c1C#N.c1ccncc1. The minimum Gasteiger partial charge on any atom is -0.495 e. The van der Waals surface area contributed by atoms with E-state index in [0.29, 0.717) is 16.9 Å². The maximum absolute atomic E-state index is 8.68. The van der Waals surface area contributed by atoms with Crippen LogP contribution < -0.4 is 4.74 Å². The molecule has 0 amide bonds. The first kappa shape index (κ1) is 13.2. The molecule has 4 nitrogen and oxygen atoms in total. The molecule has 4 heteroatoms. The standard InChI is InChI=1S/C9H6N2O.C5H5N/c1-12-9-4-2-3-7(5-10)8(9)6-11;1-2-4-6-5-3-1/h2-4H,1H3;1-5H. The lowest BCUT2D eigenvalue weighted by molar-refractivity contribution is 0.413. The highest BCUT2D eigenvalue weighted by Crippen LogP contribution is 2.19. The highest BCUT2D eigenvalue weighted by atomic mass is 16.5. The molecule has 2 aromatic rings. The molecule has 0 aliphatic carbocycles. The molecule has 0 aliphatic rings. The van der Waals surface area contributed by atoms with Crippen molar-refractivity contribution in [1.29, 1.82) is 10.5 Å². The van der Waals surface area contributed by atoms with Gasteiger partial charge >= 0.3 is 0 Å². The van der Waals surface area contributed by atoms with E-state index >= 15 is 0 Å². The first-order valence-corrected chi connectivity index (χ1v) is 5.15. The minimum absolute atomic E-state index is 0.294. The number of ether oxygens (including phenoxy) is 1. The van der Waals surface area contributed by atoms with Crippen molar-refractivity contribution in [2.24, 2.45) is 0 Å². The van der Waals surface area contributed by atoms with Crippen molar-refractivity contribution in [3.8, 4) is 17.9 Å². The quantitative estimate of drug-likeness (QED) is 0.764. The zero-order valence-electron chi connectivity index (χ0n) is 9.87. The largest absolute Gasteiger partial charge is 0.495 e. The van der Waals surface area contributed by atoms with Gasteiger partial charge in [-0.2, -0.15) is 10.5 Å². The molecule has 0 unspecified atom stereocenters. The van der Waals surface area contributed by atoms with Crippen LogP contribution in [0, 0.1) is 22.7 Å². The first-order valence-electron chi connectivity index (χ1n) is 5.15. The summed E-state index contributed by atoms with van der Waals surface area (Å²) >= 11 is 0. The van der Waals surface area contributed by atoms with Gasteiger partial charge in [0.25, 0.3) is 0 Å². The van der Waals surface area contributed by atoms with Crippen LogP contribution >= 0.6 is 0 Å². The van der Waals surface area contributed by atoms with Crippen LogP contribution in [0.2, 0.25) is 0 Å². The van der Waals surface area contributed by atoms with Gasteiger partial charge in [0, 0.05) is 12.4 Å². The Hall–Kier alpha value is -2.85. The fraction of sp³-hybridized carbons (Fsp3) is 0.0714. The Morgan fingerprint density at radius 3 is 2.11 bits per heavy atom. The summed E-state index contributed by atoms with van der Waals surface area (Å²) in [4.78, 5) is 3.78. The lowest BCUT2D eigenvalue weighted by atomic mass is 10.1. The second kappa shape index (κ2) is 7.43. The molecule has 0 atom stereocenters. The molecule has 0 bridgehead atoms. The molecule has 0 spiro atoms. The van der Waals surface area contributed by atoms with Gasteiger partial charge in [-0.15, -0.1) is 0 Å². The summed E-state index contributed by atoms with van der Waals surface area (Å²) in [7, 11) is 1.47. The summed E-state index contributed by atoms with van der Waals surface area (Å²) in [6.07, 6.45) is 3.50. The van der Waals surface area contributed by atoms with Gasteiger partial charge in [0.2, 0.25) is 0 Å². The van der Waals surface area contributed by atoms with Crippen LogP contribution in [0.4, 0.5) is 0 Å². The number of hydrogen-bond acceptors (Lipinski definition) is 4. The zero-order valence-corrected chi connectivity index (χ0v) is 9.87. The van der Waals surface area contributed by atoms with E-state index in [0.717, 1.165) is 0 Å². The van der Waals surface area contributed by atoms with Crippen LogP contribution in [0.25, 0.3) is 0 Å². The van der Waals surface area contributed by atoms with Gasteiger partial charge in [-0.1, -0.05) is 12.1 Å². The van der Waals surface area contributed by atoms with E-state index in [2.05, 4.69) is 4.98 Å². The predicted molar refractivity (Wildman–Crippen MR) is 66.7 cm³/mol. The van der Waals surface area contributed by atoms with Gasteiger partial charge in [-0.3, -0.25) is 4.98 Å². The number of aromatic nitrogens is 1. The number of benzene rings is 1. The smallest absolute Gasteiger partial charge is 0.137 e. The first-order chi connectivity index (χ1) is 8.83. The Balaban J connectivity index is 0.000000225. The summed E-state index contributed by atoms with van der Waals surface area (Å²) in [5.41, 5.74) is 0.638. The fourth-order valence-electron chi connectivity index (χ4n) is 1.22. The summed E-state index contributed by atoms with van der Waals surface area (Å²) in [6, 6.07) is 14.5. The van der Waals surface area contributed by atoms with Gasteiger partial charge in [0.05, 0.1) is 12.7 Å². The Morgan fingerprint density at radius 2 is 1.72 bits per heavy atom. The van der Waals surface area contributed by atoms with E-state index in [1.54, 1.807) is 30.6 Å². The van der Waals surface area contributed by atoms with Crippen molar-refractivity contribution in [2.75, 3.05) is 7.11 Å². The van der Waals surface area contributed by atoms with E-state index in [-0.39, 0.29) is 0 Å². The average Bonchev–Trinajstić information content (AvgIpc) is 2.48. The van der Waals surface area contributed by atoms with Gasteiger partial charge in [0.15, 0.2) is 0 Å². The zero-order chi connectivity index (χ0) is 13.2. The van der Waals surface area contributed by atoms with Crippen LogP contribution in [0.5, 0.6) is 5.75 Å². The third-order valence-electron chi connectivity index (χ3n) is 2.04. The predicted octanol–water partition coefficient (Wildman–Crippen LogP) is 2.52. The highest BCUT2D eigenvalue weighted by Gasteiger charge is 2.06. The van der Waals surface area contributed by atoms with E-state index in [1.165, 1.54) is 7.11 Å². The van der Waals surface area contributed by atoms with Gasteiger partial charge in [0.1, 0.15) is 23.5 Å². The lowest BCUT2D eigenvalue weighted by Crippen LogP contribution is -1.90. The maximum atomic E-state index is 8.68. The van der Waals surface area contributed by atoms with E-state index < -0.39 is 0 Å². The second-order valence-corrected chi connectivity index (χ2v) is 3.13. The van der Waals surface area contributed by atoms with Crippen LogP contribution in [0.1, 0.15) is 11.1 Å². The molecule has 0 saturated heterocycles. The Morgan fingerprint density at radius 1 is 1.00 bits per heavy atom. The number of nitriles is 2. The van der Waals surface area contributed by atoms with E-state index in [1.807, 2.05) is 30.3 Å². The third-order valence-corrected chi connectivity index (χ3v) is 2.04. The van der Waals surface area contributed by atoms with Crippen LogP contribution in [0.15, 0.2) is 48.8 Å². The molecule has 0 radical (unpaired) electrons. The molecule has 2 rings (SSSR count). The van der Waals surface area contributed by atoms with E-state index in [4.69, 9.17) is 15.3 Å². The van der Waals surface area contributed by atoms with E-state index in [9.17, 15) is 0 Å². The molecule has 0 N–H and O–H groups in total. The number of pyridine rings is 1.